The van der Waals surface area contributed by atoms with E-state index in [-0.39, 0.29) is 22.7 Å². The first-order chi connectivity index (χ1) is 10.7. The minimum Gasteiger partial charge on any atom is -0.316 e. The van der Waals surface area contributed by atoms with Gasteiger partial charge in [-0.15, -0.1) is 11.8 Å². The van der Waals surface area contributed by atoms with Crippen LogP contribution in [-0.4, -0.2) is 48.2 Å². The van der Waals surface area contributed by atoms with Gasteiger partial charge in [-0.3, -0.25) is 9.59 Å². The summed E-state index contributed by atoms with van der Waals surface area (Å²) < 4.78 is 0. The quantitative estimate of drug-likeness (QED) is 0.723. The van der Waals surface area contributed by atoms with E-state index < -0.39 is 0 Å². The van der Waals surface area contributed by atoms with Crippen LogP contribution < -0.4 is 10.6 Å². The normalized spacial score (nSPS) is 22.0. The van der Waals surface area contributed by atoms with E-state index >= 15 is 0 Å². The lowest BCUT2D eigenvalue weighted by atomic mass is 10.0. The molecule has 0 aromatic heterocycles. The first kappa shape index (κ1) is 24.9. The zero-order valence-corrected chi connectivity index (χ0v) is 17.4. The Hall–Kier alpha value is -0.390. The Kier molecular flexibility index (Phi) is 14.0. The average Bonchev–Trinajstić information content (AvgIpc) is 2.82. The van der Waals surface area contributed by atoms with E-state index in [2.05, 4.69) is 38.3 Å². The van der Waals surface area contributed by atoms with Crippen LogP contribution in [-0.2, 0) is 9.59 Å². The highest BCUT2D eigenvalue weighted by Crippen LogP contribution is 2.28. The summed E-state index contributed by atoms with van der Waals surface area (Å²) in [4.78, 5) is 22.8. The van der Waals surface area contributed by atoms with E-state index in [9.17, 15) is 9.59 Å². The van der Waals surface area contributed by atoms with Gasteiger partial charge in [0, 0.05) is 23.8 Å². The molecule has 0 saturated heterocycles. The summed E-state index contributed by atoms with van der Waals surface area (Å²) in [7, 11) is 3.89. The summed E-state index contributed by atoms with van der Waals surface area (Å²) in [5.74, 6) is 0.734. The van der Waals surface area contributed by atoms with E-state index in [0.717, 1.165) is 5.75 Å². The van der Waals surface area contributed by atoms with E-state index in [1.165, 1.54) is 6.42 Å². The van der Waals surface area contributed by atoms with Crippen molar-refractivity contribution in [1.82, 2.24) is 10.6 Å². The summed E-state index contributed by atoms with van der Waals surface area (Å²) in [5.41, 5.74) is 0.333. The van der Waals surface area contributed by atoms with Gasteiger partial charge in [0.25, 0.3) is 0 Å². The summed E-state index contributed by atoms with van der Waals surface area (Å²) in [6, 6.07) is 0.388. The number of hydrogen-bond donors (Lipinski definition) is 2. The Morgan fingerprint density at radius 1 is 1.26 bits per heavy atom. The lowest BCUT2D eigenvalue weighted by molar-refractivity contribution is -0.126. The number of hydrogen-bond acceptors (Lipinski definition) is 5. The molecule has 0 amide bonds. The van der Waals surface area contributed by atoms with Crippen molar-refractivity contribution in [2.24, 2.45) is 5.92 Å². The molecule has 0 bridgehead atoms. The van der Waals surface area contributed by atoms with Gasteiger partial charge in [-0.2, -0.15) is 0 Å². The molecule has 1 aliphatic rings. The highest BCUT2D eigenvalue weighted by Gasteiger charge is 2.38. The number of rotatable bonds is 6. The van der Waals surface area contributed by atoms with E-state index in [1.807, 2.05) is 27.9 Å². The predicted octanol–water partition coefficient (Wildman–Crippen LogP) is 3.29. The van der Waals surface area contributed by atoms with Crippen LogP contribution in [0, 0.1) is 5.92 Å². The molecule has 0 aromatic carbocycles. The third-order valence-corrected chi connectivity index (χ3v) is 5.71. The molecule has 0 aromatic rings. The van der Waals surface area contributed by atoms with E-state index in [0.29, 0.717) is 18.0 Å². The van der Waals surface area contributed by atoms with Gasteiger partial charge < -0.3 is 10.6 Å². The molecule has 138 valence electrons. The Morgan fingerprint density at radius 2 is 1.78 bits per heavy atom. The molecular weight excluding hydrogens is 308 g/mol. The fourth-order valence-electron chi connectivity index (χ4n) is 1.56. The molecule has 3 atom stereocenters. The smallest absolute Gasteiger partial charge is 0.156 e. The van der Waals surface area contributed by atoms with Crippen LogP contribution in [0.3, 0.4) is 0 Å². The number of thioether (sulfide) groups is 1. The Balaban J connectivity index is 0. The summed E-state index contributed by atoms with van der Waals surface area (Å²) in [5, 5.41) is 6.21. The molecule has 5 heteroatoms. The monoisotopic (exact) mass is 346 g/mol. The zero-order valence-electron chi connectivity index (χ0n) is 16.6. The maximum absolute atomic E-state index is 11.6. The molecule has 0 spiro atoms. The second-order valence-corrected chi connectivity index (χ2v) is 7.53. The van der Waals surface area contributed by atoms with Crippen molar-refractivity contribution in [3.8, 4) is 0 Å². The number of Topliss-reactive ketones (excluding diaryl/α,β-unsaturated/α-hetero) is 2. The second-order valence-electron chi connectivity index (χ2n) is 6.29. The van der Waals surface area contributed by atoms with E-state index in [1.54, 1.807) is 18.7 Å². The molecule has 1 saturated carbocycles. The predicted molar refractivity (Wildman–Crippen MR) is 103 cm³/mol. The molecule has 3 unspecified atom stereocenters. The SMILES string of the molecule is CC.CCC(C)(C)NC.CNC(C)CSC1CC(=O)C(C)C1=O. The first-order valence-electron chi connectivity index (χ1n) is 8.72. The molecular formula is C18H38N2O2S. The van der Waals surface area contributed by atoms with Crippen LogP contribution in [0.5, 0.6) is 0 Å². The van der Waals surface area contributed by atoms with Crippen LogP contribution >= 0.6 is 11.8 Å². The van der Waals surface area contributed by atoms with Crippen molar-refractivity contribution in [3.63, 3.8) is 0 Å². The van der Waals surface area contributed by atoms with Crippen molar-refractivity contribution >= 4 is 23.3 Å². The number of ketones is 2. The second kappa shape index (κ2) is 13.0. The summed E-state index contributed by atoms with van der Waals surface area (Å²) in [6.45, 7) is 14.3. The van der Waals surface area contributed by atoms with Crippen LogP contribution in [0.25, 0.3) is 0 Å². The van der Waals surface area contributed by atoms with Gasteiger partial charge in [0.1, 0.15) is 5.78 Å². The molecule has 1 rings (SSSR count). The number of carbonyl (C=O) groups is 2. The van der Waals surface area contributed by atoms with Gasteiger partial charge in [-0.05, 0) is 48.2 Å². The standard InChI is InChI=1S/C10H17NO2S.C6H15N.C2H6/c1-6(11-3)5-14-9-4-8(12)7(2)10(9)13;1-5-6(2,3)7-4;1-2/h6-7,9,11H,4-5H2,1-3H3;7H,5H2,1-4H3;1-2H3. The number of nitrogens with one attached hydrogen (secondary N) is 2. The van der Waals surface area contributed by atoms with Crippen LogP contribution in [0.1, 0.15) is 61.3 Å². The van der Waals surface area contributed by atoms with Crippen molar-refractivity contribution in [1.29, 1.82) is 0 Å². The van der Waals surface area contributed by atoms with Gasteiger partial charge in [0.15, 0.2) is 5.78 Å². The minimum atomic E-state index is -0.364. The molecule has 2 N–H and O–H groups in total. The lowest BCUT2D eigenvalue weighted by Gasteiger charge is -2.20. The van der Waals surface area contributed by atoms with Crippen molar-refractivity contribution in [3.05, 3.63) is 0 Å². The third kappa shape index (κ3) is 10.2. The van der Waals surface area contributed by atoms with Crippen LogP contribution in [0.2, 0.25) is 0 Å². The van der Waals surface area contributed by atoms with Gasteiger partial charge in [-0.1, -0.05) is 20.8 Å². The molecule has 1 aliphatic carbocycles. The maximum Gasteiger partial charge on any atom is 0.156 e. The maximum atomic E-state index is 11.6. The van der Waals surface area contributed by atoms with Crippen LogP contribution in [0.4, 0.5) is 0 Å². The summed E-state index contributed by atoms with van der Waals surface area (Å²) >= 11 is 1.60. The summed E-state index contributed by atoms with van der Waals surface area (Å²) in [6.07, 6.45) is 1.62. The Labute approximate surface area is 147 Å². The van der Waals surface area contributed by atoms with Gasteiger partial charge in [-0.25, -0.2) is 0 Å². The Morgan fingerprint density at radius 3 is 2.04 bits per heavy atom. The average molecular weight is 347 g/mol. The topological polar surface area (TPSA) is 58.2 Å². The highest BCUT2D eigenvalue weighted by atomic mass is 32.2. The van der Waals surface area contributed by atoms with Crippen molar-refractivity contribution < 1.29 is 9.59 Å². The molecule has 0 radical (unpaired) electrons. The fourth-order valence-corrected chi connectivity index (χ4v) is 2.90. The molecule has 0 aliphatic heterocycles. The molecule has 0 heterocycles. The number of carbonyl (C=O) groups excluding carboxylic acids is 2. The van der Waals surface area contributed by atoms with Crippen molar-refractivity contribution in [2.75, 3.05) is 19.8 Å². The largest absolute Gasteiger partial charge is 0.316 e. The fraction of sp³-hybridized carbons (Fsp3) is 0.889. The first-order valence-corrected chi connectivity index (χ1v) is 9.77. The minimum absolute atomic E-state index is 0.0895. The molecule has 1 fully saturated rings. The van der Waals surface area contributed by atoms with Crippen molar-refractivity contribution in [2.45, 2.75) is 78.1 Å². The lowest BCUT2D eigenvalue weighted by Crippen LogP contribution is -2.34. The zero-order chi connectivity index (χ0) is 18.6. The third-order valence-electron chi connectivity index (χ3n) is 4.21. The van der Waals surface area contributed by atoms with Gasteiger partial charge in [0.2, 0.25) is 0 Å². The van der Waals surface area contributed by atoms with Crippen LogP contribution in [0.15, 0.2) is 0 Å². The Bertz CT molecular complexity index is 340. The van der Waals surface area contributed by atoms with Gasteiger partial charge >= 0.3 is 0 Å². The van der Waals surface area contributed by atoms with Gasteiger partial charge in [0.05, 0.1) is 11.2 Å². The highest BCUT2D eigenvalue weighted by molar-refractivity contribution is 8.00. The molecule has 4 nitrogen and oxygen atoms in total. The molecule has 23 heavy (non-hydrogen) atoms. The van der Waals surface area contributed by atoms with E-state index in [4.69, 9.17) is 0 Å².